The molecule has 162 valence electrons. The number of hydrogen-bond donors (Lipinski definition) is 0. The van der Waals surface area contributed by atoms with Crippen LogP contribution in [-0.2, 0) is 0 Å². The Labute approximate surface area is 194 Å². The monoisotopic (exact) mass is 444 g/mol. The van der Waals surface area contributed by atoms with Crippen LogP contribution in [0.25, 0.3) is 22.6 Å². The molecular weight excluding hydrogens is 428 g/mol. The number of ketones is 1. The van der Waals surface area contributed by atoms with Crippen LogP contribution < -0.4 is 4.90 Å². The van der Waals surface area contributed by atoms with E-state index >= 15 is 0 Å². The molecule has 6 nitrogen and oxygen atoms in total. The third-order valence-electron chi connectivity index (χ3n) is 5.83. The minimum atomic E-state index is -0.456. The number of rotatable bonds is 4. The molecule has 1 aliphatic heterocycles. The molecule has 0 radical (unpaired) electrons. The van der Waals surface area contributed by atoms with E-state index in [0.29, 0.717) is 44.9 Å². The number of amides is 2. The molecule has 1 aromatic heterocycles. The Balaban J connectivity index is 1.36. The van der Waals surface area contributed by atoms with Crippen molar-refractivity contribution in [1.82, 2.24) is 4.98 Å². The third-order valence-corrected chi connectivity index (χ3v) is 5.83. The average molecular weight is 444 g/mol. The number of carbonyl (C=O) groups is 3. The van der Waals surface area contributed by atoms with Gasteiger partial charge in [0.25, 0.3) is 11.8 Å². The molecule has 0 N–H and O–H groups in total. The standard InChI is InChI=1S/C28H16N2O4/c31-25(17-7-2-1-3-8-17)18-9-6-10-20(15-18)30-27(32)21-14-13-19(16-22(21)28(30)33)26-29-23-11-4-5-12-24(23)34-26/h1-16H. The Kier molecular flexibility index (Phi) is 4.45. The van der Waals surface area contributed by atoms with Crippen molar-refractivity contribution in [3.8, 4) is 11.5 Å². The second-order valence-electron chi connectivity index (χ2n) is 7.94. The zero-order valence-corrected chi connectivity index (χ0v) is 17.8. The Hall–Kier alpha value is -4.84. The highest BCUT2D eigenvalue weighted by Crippen LogP contribution is 2.33. The van der Waals surface area contributed by atoms with Gasteiger partial charge < -0.3 is 4.42 Å². The van der Waals surface area contributed by atoms with E-state index in [-0.39, 0.29) is 11.3 Å². The number of anilines is 1. The lowest BCUT2D eigenvalue weighted by Crippen LogP contribution is -2.29. The molecule has 0 saturated heterocycles. The van der Waals surface area contributed by atoms with Crippen LogP contribution in [0.1, 0.15) is 36.6 Å². The molecule has 0 bridgehead atoms. The first-order chi connectivity index (χ1) is 16.6. The molecule has 5 aromatic rings. The van der Waals surface area contributed by atoms with Gasteiger partial charge in [0.1, 0.15) is 5.52 Å². The highest BCUT2D eigenvalue weighted by Gasteiger charge is 2.37. The van der Waals surface area contributed by atoms with Crippen molar-refractivity contribution in [1.29, 1.82) is 0 Å². The van der Waals surface area contributed by atoms with Gasteiger partial charge in [-0.25, -0.2) is 9.88 Å². The largest absolute Gasteiger partial charge is 0.436 e. The molecule has 0 saturated carbocycles. The summed E-state index contributed by atoms with van der Waals surface area (Å²) in [5, 5.41) is 0. The first-order valence-corrected chi connectivity index (χ1v) is 10.7. The second kappa shape index (κ2) is 7.64. The summed E-state index contributed by atoms with van der Waals surface area (Å²) in [6, 6.07) is 27.7. The fraction of sp³-hybridized carbons (Fsp3) is 0. The van der Waals surface area contributed by atoms with Crippen LogP contribution in [0.15, 0.2) is 101 Å². The van der Waals surface area contributed by atoms with Crippen molar-refractivity contribution < 1.29 is 18.8 Å². The van der Waals surface area contributed by atoms with Gasteiger partial charge in [-0.05, 0) is 42.5 Å². The summed E-state index contributed by atoms with van der Waals surface area (Å²) in [7, 11) is 0. The summed E-state index contributed by atoms with van der Waals surface area (Å²) in [5.74, 6) is -0.703. The molecule has 1 aliphatic rings. The molecule has 2 heterocycles. The van der Waals surface area contributed by atoms with E-state index < -0.39 is 11.8 Å². The number of fused-ring (bicyclic) bond motifs is 2. The summed E-state index contributed by atoms with van der Waals surface area (Å²) >= 11 is 0. The minimum Gasteiger partial charge on any atom is -0.436 e. The number of carbonyl (C=O) groups excluding carboxylic acids is 3. The maximum Gasteiger partial charge on any atom is 0.266 e. The van der Waals surface area contributed by atoms with Crippen molar-refractivity contribution in [3.05, 3.63) is 119 Å². The molecule has 4 aromatic carbocycles. The average Bonchev–Trinajstić information content (AvgIpc) is 3.43. The van der Waals surface area contributed by atoms with Gasteiger partial charge in [0.05, 0.1) is 16.8 Å². The molecule has 0 aliphatic carbocycles. The number of aromatic nitrogens is 1. The van der Waals surface area contributed by atoms with E-state index in [9.17, 15) is 14.4 Å². The summed E-state index contributed by atoms with van der Waals surface area (Å²) in [4.78, 5) is 44.9. The lowest BCUT2D eigenvalue weighted by atomic mass is 10.0. The molecule has 0 fully saturated rings. The minimum absolute atomic E-state index is 0.183. The van der Waals surface area contributed by atoms with Crippen molar-refractivity contribution >= 4 is 34.4 Å². The van der Waals surface area contributed by atoms with Crippen molar-refractivity contribution in [2.24, 2.45) is 0 Å². The lowest BCUT2D eigenvalue weighted by molar-refractivity contribution is 0.0924. The SMILES string of the molecule is O=C(c1ccccc1)c1cccc(N2C(=O)c3ccc(-c4nc5ccccc5o4)cc3C2=O)c1. The van der Waals surface area contributed by atoms with E-state index in [2.05, 4.69) is 4.98 Å². The summed E-state index contributed by atoms with van der Waals surface area (Å²) in [5.41, 5.74) is 3.79. The molecule has 2 amide bonds. The van der Waals surface area contributed by atoms with Crippen LogP contribution in [-0.4, -0.2) is 22.6 Å². The van der Waals surface area contributed by atoms with Gasteiger partial charge in [-0.15, -0.1) is 0 Å². The summed E-state index contributed by atoms with van der Waals surface area (Å²) in [6.45, 7) is 0. The quantitative estimate of drug-likeness (QED) is 0.269. The Morgan fingerprint density at radius 3 is 2.26 bits per heavy atom. The third kappa shape index (κ3) is 3.12. The highest BCUT2D eigenvalue weighted by atomic mass is 16.3. The number of para-hydroxylation sites is 2. The number of nitrogens with zero attached hydrogens (tertiary/aromatic N) is 2. The topological polar surface area (TPSA) is 80.5 Å². The molecule has 34 heavy (non-hydrogen) atoms. The molecule has 0 spiro atoms. The van der Waals surface area contributed by atoms with Crippen molar-refractivity contribution in [3.63, 3.8) is 0 Å². The molecular formula is C28H16N2O4. The van der Waals surface area contributed by atoms with Crippen LogP contribution in [0.3, 0.4) is 0 Å². The van der Waals surface area contributed by atoms with Gasteiger partial charge in [0.15, 0.2) is 11.4 Å². The van der Waals surface area contributed by atoms with E-state index in [1.54, 1.807) is 66.7 Å². The van der Waals surface area contributed by atoms with Crippen LogP contribution in [0.2, 0.25) is 0 Å². The maximum atomic E-state index is 13.3. The van der Waals surface area contributed by atoms with Crippen LogP contribution >= 0.6 is 0 Å². The predicted octanol–water partition coefficient (Wildman–Crippen LogP) is 5.53. The zero-order valence-electron chi connectivity index (χ0n) is 17.8. The maximum absolute atomic E-state index is 13.3. The zero-order chi connectivity index (χ0) is 23.2. The van der Waals surface area contributed by atoms with Crippen LogP contribution in [0, 0.1) is 0 Å². The number of oxazole rings is 1. The van der Waals surface area contributed by atoms with E-state index in [4.69, 9.17) is 4.42 Å². The van der Waals surface area contributed by atoms with Crippen molar-refractivity contribution in [2.45, 2.75) is 0 Å². The van der Waals surface area contributed by atoms with Gasteiger partial charge in [-0.1, -0.05) is 54.6 Å². The van der Waals surface area contributed by atoms with Crippen LogP contribution in [0.5, 0.6) is 0 Å². The fourth-order valence-corrected chi connectivity index (χ4v) is 4.15. The molecule has 0 atom stereocenters. The van der Waals surface area contributed by atoms with Gasteiger partial charge in [-0.2, -0.15) is 0 Å². The lowest BCUT2D eigenvalue weighted by Gasteiger charge is -2.14. The van der Waals surface area contributed by atoms with E-state index in [1.165, 1.54) is 0 Å². The normalized spacial score (nSPS) is 12.9. The van der Waals surface area contributed by atoms with E-state index in [1.807, 2.05) is 30.3 Å². The predicted molar refractivity (Wildman–Crippen MR) is 127 cm³/mol. The number of imide groups is 1. The Morgan fingerprint density at radius 2 is 1.44 bits per heavy atom. The van der Waals surface area contributed by atoms with Gasteiger partial charge in [0, 0.05) is 16.7 Å². The van der Waals surface area contributed by atoms with Gasteiger partial charge in [0.2, 0.25) is 5.89 Å². The first kappa shape index (κ1) is 19.8. The summed E-state index contributed by atoms with van der Waals surface area (Å²) < 4.78 is 5.81. The number of benzene rings is 4. The first-order valence-electron chi connectivity index (χ1n) is 10.7. The van der Waals surface area contributed by atoms with Gasteiger partial charge >= 0.3 is 0 Å². The van der Waals surface area contributed by atoms with Gasteiger partial charge in [-0.3, -0.25) is 14.4 Å². The smallest absolute Gasteiger partial charge is 0.266 e. The Morgan fingerprint density at radius 1 is 0.706 bits per heavy atom. The van der Waals surface area contributed by atoms with E-state index in [0.717, 1.165) is 4.90 Å². The summed E-state index contributed by atoms with van der Waals surface area (Å²) in [6.07, 6.45) is 0. The molecule has 6 rings (SSSR count). The van der Waals surface area contributed by atoms with Crippen LogP contribution in [0.4, 0.5) is 5.69 Å². The fourth-order valence-electron chi connectivity index (χ4n) is 4.15. The molecule has 6 heteroatoms. The van der Waals surface area contributed by atoms with Crippen molar-refractivity contribution in [2.75, 3.05) is 4.90 Å². The Bertz CT molecular complexity index is 1590. The number of hydrogen-bond acceptors (Lipinski definition) is 5. The molecule has 0 unspecified atom stereocenters. The second-order valence-corrected chi connectivity index (χ2v) is 7.94. The highest BCUT2D eigenvalue weighted by molar-refractivity contribution is 6.34.